The molecule has 4 heterocycles. The number of ether oxygens (including phenoxy) is 1. The van der Waals surface area contributed by atoms with Crippen molar-refractivity contribution >= 4 is 27.5 Å². The highest BCUT2D eigenvalue weighted by molar-refractivity contribution is 7.18. The van der Waals surface area contributed by atoms with Gasteiger partial charge in [-0.3, -0.25) is 19.4 Å². The van der Waals surface area contributed by atoms with Crippen LogP contribution in [0.2, 0.25) is 0 Å². The topological polar surface area (TPSA) is 105 Å². The molecule has 2 atom stereocenters. The summed E-state index contributed by atoms with van der Waals surface area (Å²) in [6, 6.07) is 9.75. The Morgan fingerprint density at radius 3 is 2.92 bits per heavy atom. The van der Waals surface area contributed by atoms with Crippen molar-refractivity contribution in [3.8, 4) is 22.8 Å². The Hall–Kier alpha value is -3.34. The lowest BCUT2D eigenvalue weighted by Crippen LogP contribution is -2.48. The maximum absolute atomic E-state index is 11.6. The van der Waals surface area contributed by atoms with Crippen LogP contribution in [0.5, 0.6) is 11.5 Å². The first kappa shape index (κ1) is 25.0. The molecule has 6 rings (SSSR count). The van der Waals surface area contributed by atoms with Gasteiger partial charge in [0.15, 0.2) is 0 Å². The molecule has 0 spiro atoms. The van der Waals surface area contributed by atoms with Gasteiger partial charge in [0.05, 0.1) is 46.3 Å². The maximum Gasteiger partial charge on any atom is 0.234 e. The zero-order valence-electron chi connectivity index (χ0n) is 21.3. The number of thiazole rings is 1. The highest BCUT2D eigenvalue weighted by Gasteiger charge is 2.24. The average Bonchev–Trinajstić information content (AvgIpc) is 3.56. The summed E-state index contributed by atoms with van der Waals surface area (Å²) in [5.74, 6) is 1.85. The molecule has 0 unspecified atom stereocenters. The number of aromatic nitrogens is 4. The Morgan fingerprint density at radius 2 is 2.03 bits per heavy atom. The number of pyridine rings is 1. The molecule has 0 bridgehead atoms. The minimum Gasteiger partial charge on any atom is -0.457 e. The Labute approximate surface area is 225 Å². The van der Waals surface area contributed by atoms with Gasteiger partial charge < -0.3 is 15.2 Å². The molecular formula is C28H32N6O3S. The van der Waals surface area contributed by atoms with Crippen LogP contribution in [0.25, 0.3) is 21.5 Å². The molecule has 38 heavy (non-hydrogen) atoms. The first-order valence-corrected chi connectivity index (χ1v) is 14.1. The molecule has 4 aromatic rings. The normalized spacial score (nSPS) is 20.5. The second-order valence-corrected chi connectivity index (χ2v) is 11.3. The summed E-state index contributed by atoms with van der Waals surface area (Å²) < 4.78 is 9.17. The zero-order valence-corrected chi connectivity index (χ0v) is 22.1. The van der Waals surface area contributed by atoms with Crippen molar-refractivity contribution in [3.05, 3.63) is 53.9 Å². The molecule has 0 radical (unpaired) electrons. The fraction of sp³-hybridized carbons (Fsp3) is 0.429. The van der Waals surface area contributed by atoms with E-state index in [1.54, 1.807) is 17.5 Å². The quantitative estimate of drug-likeness (QED) is 0.355. The van der Waals surface area contributed by atoms with Crippen LogP contribution in [-0.4, -0.2) is 67.9 Å². The summed E-state index contributed by atoms with van der Waals surface area (Å²) in [5, 5.41) is 18.7. The Kier molecular flexibility index (Phi) is 7.35. The molecule has 1 aliphatic heterocycles. The van der Waals surface area contributed by atoms with Crippen LogP contribution in [0.1, 0.15) is 30.7 Å². The van der Waals surface area contributed by atoms with E-state index in [4.69, 9.17) is 9.72 Å². The van der Waals surface area contributed by atoms with E-state index < -0.39 is 0 Å². The molecule has 1 saturated carbocycles. The van der Waals surface area contributed by atoms with E-state index in [0.717, 1.165) is 71.0 Å². The van der Waals surface area contributed by atoms with E-state index in [2.05, 4.69) is 20.3 Å². The summed E-state index contributed by atoms with van der Waals surface area (Å²) in [6.45, 7) is 3.47. The molecule has 10 heteroatoms. The van der Waals surface area contributed by atoms with Gasteiger partial charge in [-0.2, -0.15) is 5.10 Å². The van der Waals surface area contributed by atoms with Crippen LogP contribution in [0.15, 0.2) is 48.9 Å². The van der Waals surface area contributed by atoms with Crippen LogP contribution in [0, 0.1) is 5.92 Å². The van der Waals surface area contributed by atoms with E-state index in [0.29, 0.717) is 31.3 Å². The van der Waals surface area contributed by atoms with Crippen molar-refractivity contribution in [1.29, 1.82) is 0 Å². The van der Waals surface area contributed by atoms with Crippen molar-refractivity contribution in [2.75, 3.05) is 26.2 Å². The summed E-state index contributed by atoms with van der Waals surface area (Å²) >= 11 is 1.68. The van der Waals surface area contributed by atoms with E-state index in [1.165, 1.54) is 6.42 Å². The molecule has 3 aromatic heterocycles. The van der Waals surface area contributed by atoms with Gasteiger partial charge in [0.1, 0.15) is 11.5 Å². The van der Waals surface area contributed by atoms with Crippen LogP contribution >= 0.6 is 11.3 Å². The molecule has 9 nitrogen and oxygen atoms in total. The number of carbonyl (C=O) groups excluding carboxylic acids is 1. The largest absolute Gasteiger partial charge is 0.457 e. The molecule has 1 amide bonds. The number of aliphatic hydroxyl groups excluding tert-OH is 1. The summed E-state index contributed by atoms with van der Waals surface area (Å²) in [5.41, 5.74) is 2.67. The average molecular weight is 533 g/mol. The smallest absolute Gasteiger partial charge is 0.234 e. The maximum atomic E-state index is 11.6. The number of rotatable bonds is 8. The van der Waals surface area contributed by atoms with E-state index in [1.807, 2.05) is 47.4 Å². The highest BCUT2D eigenvalue weighted by atomic mass is 32.1. The lowest BCUT2D eigenvalue weighted by atomic mass is 9.84. The van der Waals surface area contributed by atoms with Crippen molar-refractivity contribution in [3.63, 3.8) is 0 Å². The minimum atomic E-state index is -0.208. The third kappa shape index (κ3) is 5.87. The molecule has 2 fully saturated rings. The first-order chi connectivity index (χ1) is 18.6. The fourth-order valence-electron chi connectivity index (χ4n) is 5.27. The second kappa shape index (κ2) is 11.2. The summed E-state index contributed by atoms with van der Waals surface area (Å²) in [7, 11) is 0. The van der Waals surface area contributed by atoms with Gasteiger partial charge in [-0.1, -0.05) is 12.8 Å². The lowest BCUT2D eigenvalue weighted by molar-refractivity contribution is -0.124. The number of piperazine rings is 1. The van der Waals surface area contributed by atoms with Gasteiger partial charge in [0, 0.05) is 56.1 Å². The van der Waals surface area contributed by atoms with Crippen LogP contribution < -0.4 is 10.1 Å². The number of hydrogen-bond donors (Lipinski definition) is 2. The number of amides is 1. The van der Waals surface area contributed by atoms with Gasteiger partial charge in [0.25, 0.3) is 0 Å². The van der Waals surface area contributed by atoms with Crippen LogP contribution in [-0.2, 0) is 17.8 Å². The number of nitrogens with zero attached hydrogens (tertiary/aromatic N) is 5. The number of aliphatic hydroxyl groups is 1. The van der Waals surface area contributed by atoms with Gasteiger partial charge in [-0.05, 0) is 37.0 Å². The lowest BCUT2D eigenvalue weighted by Gasteiger charge is -2.26. The van der Waals surface area contributed by atoms with E-state index in [-0.39, 0.29) is 12.0 Å². The van der Waals surface area contributed by atoms with E-state index >= 15 is 0 Å². The third-order valence-corrected chi connectivity index (χ3v) is 8.41. The molecular weight excluding hydrogens is 500 g/mol. The standard InChI is InChI=1S/C28H32N6O3S/c35-25-4-2-1-3-19(25)13-28-32-23-6-5-21(15-26(23)38-28)37-22-7-8-29-24(14-22)20-16-31-34(17-20)12-11-33-10-9-30-27(36)18-33/h5-8,14-17,19,25,35H,1-4,9-13,18H2,(H,30,36)/t19-,25+/m0/s1. The fourth-order valence-corrected chi connectivity index (χ4v) is 6.36. The SMILES string of the molecule is O=C1CN(CCn2cc(-c3cc(Oc4ccc5nc(C[C@@H]6CCCC[C@H]6O)sc5c4)ccn3)cn2)CCN1. The van der Waals surface area contributed by atoms with Gasteiger partial charge in [-0.25, -0.2) is 4.98 Å². The van der Waals surface area contributed by atoms with E-state index in [9.17, 15) is 9.90 Å². The molecule has 1 aliphatic carbocycles. The number of benzene rings is 1. The van der Waals surface area contributed by atoms with Gasteiger partial charge >= 0.3 is 0 Å². The first-order valence-electron chi connectivity index (χ1n) is 13.3. The highest BCUT2D eigenvalue weighted by Crippen LogP contribution is 2.33. The third-order valence-electron chi connectivity index (χ3n) is 7.37. The summed E-state index contributed by atoms with van der Waals surface area (Å²) in [6.07, 6.45) is 10.5. The molecule has 1 saturated heterocycles. The predicted molar refractivity (Wildman–Crippen MR) is 146 cm³/mol. The zero-order chi connectivity index (χ0) is 25.9. The molecule has 1 aromatic carbocycles. The van der Waals surface area contributed by atoms with Crippen molar-refractivity contribution in [2.45, 2.75) is 44.8 Å². The Balaban J connectivity index is 1.10. The van der Waals surface area contributed by atoms with Crippen molar-refractivity contribution < 1.29 is 14.6 Å². The number of hydrogen-bond acceptors (Lipinski definition) is 8. The monoisotopic (exact) mass is 532 g/mol. The minimum absolute atomic E-state index is 0.0765. The predicted octanol–water partition coefficient (Wildman–Crippen LogP) is 3.87. The number of nitrogens with one attached hydrogen (secondary N) is 1. The van der Waals surface area contributed by atoms with Gasteiger partial charge in [-0.15, -0.1) is 11.3 Å². The summed E-state index contributed by atoms with van der Waals surface area (Å²) in [4.78, 5) is 23.0. The number of fused-ring (bicyclic) bond motifs is 1. The van der Waals surface area contributed by atoms with Crippen LogP contribution in [0.4, 0.5) is 0 Å². The van der Waals surface area contributed by atoms with Gasteiger partial charge in [0.2, 0.25) is 5.91 Å². The molecule has 2 aliphatic rings. The van der Waals surface area contributed by atoms with Crippen molar-refractivity contribution in [1.82, 2.24) is 30.0 Å². The Morgan fingerprint density at radius 1 is 1.13 bits per heavy atom. The molecule has 2 N–H and O–H groups in total. The Bertz CT molecular complexity index is 1420. The van der Waals surface area contributed by atoms with Crippen molar-refractivity contribution in [2.24, 2.45) is 5.92 Å². The number of carbonyl (C=O) groups is 1. The molecule has 198 valence electrons. The van der Waals surface area contributed by atoms with Crippen LogP contribution in [0.3, 0.4) is 0 Å². The second-order valence-electron chi connectivity index (χ2n) is 10.2.